The molecule has 1 aliphatic rings. The van der Waals surface area contributed by atoms with Crippen molar-refractivity contribution < 1.29 is 19.4 Å². The molecule has 0 aliphatic carbocycles. The molecule has 1 aromatic heterocycles. The summed E-state index contributed by atoms with van der Waals surface area (Å²) in [5.74, 6) is -0.962. The van der Waals surface area contributed by atoms with Gasteiger partial charge in [-0.05, 0) is 67.6 Å². The second kappa shape index (κ2) is 8.40. The summed E-state index contributed by atoms with van der Waals surface area (Å²) in [5, 5.41) is 13.1. The van der Waals surface area contributed by atoms with Gasteiger partial charge in [-0.1, -0.05) is 24.3 Å². The van der Waals surface area contributed by atoms with Crippen molar-refractivity contribution >= 4 is 34.5 Å². The molecule has 1 fully saturated rings. The molecule has 1 N–H and O–H groups in total. The molecule has 31 heavy (non-hydrogen) atoms. The number of ether oxygens (including phenoxy) is 1. The minimum Gasteiger partial charge on any atom is -0.507 e. The molecular weight excluding hydrogens is 410 g/mol. The molecule has 2 heterocycles. The lowest BCUT2D eigenvalue weighted by Gasteiger charge is -2.25. The van der Waals surface area contributed by atoms with Crippen molar-refractivity contribution in [2.75, 3.05) is 11.5 Å². The van der Waals surface area contributed by atoms with E-state index in [-0.39, 0.29) is 11.3 Å². The number of thiophene rings is 1. The molecule has 0 bridgehead atoms. The van der Waals surface area contributed by atoms with Crippen molar-refractivity contribution in [3.63, 3.8) is 0 Å². The van der Waals surface area contributed by atoms with E-state index in [0.29, 0.717) is 23.6 Å². The fourth-order valence-corrected chi connectivity index (χ4v) is 4.78. The maximum absolute atomic E-state index is 13.2. The summed E-state index contributed by atoms with van der Waals surface area (Å²) >= 11 is 1.44. The molecule has 1 saturated heterocycles. The number of nitrogens with zero attached hydrogens (tertiary/aromatic N) is 1. The van der Waals surface area contributed by atoms with Crippen molar-refractivity contribution in [2.45, 2.75) is 26.8 Å². The van der Waals surface area contributed by atoms with Crippen LogP contribution in [0.5, 0.6) is 5.75 Å². The summed E-state index contributed by atoms with van der Waals surface area (Å²) in [6.07, 6.45) is 0. The molecule has 0 spiro atoms. The second-order valence-corrected chi connectivity index (χ2v) is 8.47. The van der Waals surface area contributed by atoms with Crippen LogP contribution in [0, 0.1) is 13.8 Å². The number of aliphatic hydroxyl groups is 1. The number of amides is 1. The van der Waals surface area contributed by atoms with Gasteiger partial charge in [-0.25, -0.2) is 0 Å². The topological polar surface area (TPSA) is 66.8 Å². The molecule has 158 valence electrons. The summed E-state index contributed by atoms with van der Waals surface area (Å²) in [4.78, 5) is 28.6. The molecule has 0 radical (unpaired) electrons. The van der Waals surface area contributed by atoms with Crippen LogP contribution in [0.15, 0.2) is 65.6 Å². The van der Waals surface area contributed by atoms with Gasteiger partial charge in [0.2, 0.25) is 0 Å². The van der Waals surface area contributed by atoms with Gasteiger partial charge in [0.1, 0.15) is 17.6 Å². The molecule has 0 saturated carbocycles. The number of anilines is 1. The number of carbonyl (C=O) groups excluding carboxylic acids is 2. The number of hydrogen-bond donors (Lipinski definition) is 1. The largest absolute Gasteiger partial charge is 0.507 e. The van der Waals surface area contributed by atoms with E-state index < -0.39 is 17.7 Å². The first-order valence-electron chi connectivity index (χ1n) is 10.1. The molecule has 3 aromatic rings. The molecule has 6 heteroatoms. The highest BCUT2D eigenvalue weighted by Crippen LogP contribution is 2.44. The monoisotopic (exact) mass is 433 g/mol. The Kier molecular flexibility index (Phi) is 5.65. The number of hydrogen-bond acceptors (Lipinski definition) is 5. The Labute approximate surface area is 185 Å². The van der Waals surface area contributed by atoms with E-state index in [1.807, 2.05) is 56.5 Å². The molecule has 1 aliphatic heterocycles. The van der Waals surface area contributed by atoms with Crippen molar-refractivity contribution in [3.8, 4) is 5.75 Å². The summed E-state index contributed by atoms with van der Waals surface area (Å²) in [5.41, 5.74) is 3.14. The van der Waals surface area contributed by atoms with E-state index in [2.05, 4.69) is 0 Å². The first-order valence-corrected chi connectivity index (χ1v) is 10.9. The van der Waals surface area contributed by atoms with Gasteiger partial charge in [0.05, 0.1) is 12.2 Å². The van der Waals surface area contributed by atoms with Crippen molar-refractivity contribution in [2.24, 2.45) is 0 Å². The highest BCUT2D eigenvalue weighted by molar-refractivity contribution is 7.10. The molecule has 1 amide bonds. The van der Waals surface area contributed by atoms with E-state index in [1.165, 1.54) is 16.2 Å². The van der Waals surface area contributed by atoms with Crippen LogP contribution in [0.1, 0.15) is 34.5 Å². The number of Topliss-reactive ketones (excluding diaryl/α,β-unsaturated/α-hetero) is 1. The molecule has 4 rings (SSSR count). The van der Waals surface area contributed by atoms with Gasteiger partial charge >= 0.3 is 0 Å². The number of benzene rings is 2. The third kappa shape index (κ3) is 3.86. The van der Waals surface area contributed by atoms with E-state index in [0.717, 1.165) is 16.0 Å². The predicted octanol–water partition coefficient (Wildman–Crippen LogP) is 5.39. The second-order valence-electron chi connectivity index (χ2n) is 7.49. The van der Waals surface area contributed by atoms with Crippen LogP contribution in [0.3, 0.4) is 0 Å². The number of rotatable bonds is 5. The van der Waals surface area contributed by atoms with Gasteiger partial charge < -0.3 is 9.84 Å². The molecular formula is C25H23NO4S. The summed E-state index contributed by atoms with van der Waals surface area (Å²) in [7, 11) is 0. The van der Waals surface area contributed by atoms with Gasteiger partial charge in [-0.3, -0.25) is 14.5 Å². The fourth-order valence-electron chi connectivity index (χ4n) is 3.96. The van der Waals surface area contributed by atoms with E-state index in [4.69, 9.17) is 4.74 Å². The van der Waals surface area contributed by atoms with Gasteiger partial charge in [0.25, 0.3) is 11.7 Å². The van der Waals surface area contributed by atoms with E-state index in [9.17, 15) is 14.7 Å². The lowest BCUT2D eigenvalue weighted by molar-refractivity contribution is -0.132. The Balaban J connectivity index is 1.91. The zero-order valence-corrected chi connectivity index (χ0v) is 18.4. The molecule has 2 aromatic carbocycles. The quantitative estimate of drug-likeness (QED) is 0.333. The van der Waals surface area contributed by atoms with Crippen LogP contribution < -0.4 is 9.64 Å². The van der Waals surface area contributed by atoms with Crippen LogP contribution in [-0.2, 0) is 9.59 Å². The normalized spacial score (nSPS) is 17.9. The standard InChI is InChI=1S/C25H23NO4S/c1-4-30-19-8-5-7-17(14-19)23(27)21-22(20-9-6-10-31-20)26(25(29)24(21)28)18-12-15(2)11-16(3)13-18/h5-14,22,27H,4H2,1-3H3/b23-21-. The van der Waals surface area contributed by atoms with Gasteiger partial charge in [-0.15, -0.1) is 11.3 Å². The van der Waals surface area contributed by atoms with Crippen LogP contribution in [0.4, 0.5) is 5.69 Å². The Morgan fingerprint density at radius 3 is 2.45 bits per heavy atom. The Hall–Kier alpha value is -3.38. The summed E-state index contributed by atoms with van der Waals surface area (Å²) in [6, 6.07) is 15.7. The maximum atomic E-state index is 13.2. The SMILES string of the molecule is CCOc1cccc(/C(O)=C2/C(=O)C(=O)N(c3cc(C)cc(C)c3)C2c2cccs2)c1. The summed E-state index contributed by atoms with van der Waals surface area (Å²) in [6.45, 7) is 6.26. The third-order valence-electron chi connectivity index (χ3n) is 5.16. The average molecular weight is 434 g/mol. The van der Waals surface area contributed by atoms with Crippen molar-refractivity contribution in [1.29, 1.82) is 0 Å². The highest BCUT2D eigenvalue weighted by Gasteiger charge is 2.47. The summed E-state index contributed by atoms with van der Waals surface area (Å²) < 4.78 is 5.53. The molecule has 5 nitrogen and oxygen atoms in total. The lowest BCUT2D eigenvalue weighted by atomic mass is 9.99. The average Bonchev–Trinajstić information content (AvgIpc) is 3.34. The Bertz CT molecular complexity index is 1160. The minimum atomic E-state index is -0.697. The first-order chi connectivity index (χ1) is 14.9. The van der Waals surface area contributed by atoms with Gasteiger partial charge in [0.15, 0.2) is 0 Å². The van der Waals surface area contributed by atoms with Crippen LogP contribution in [-0.4, -0.2) is 23.4 Å². The van der Waals surface area contributed by atoms with Crippen LogP contribution in [0.25, 0.3) is 5.76 Å². The van der Waals surface area contributed by atoms with Gasteiger partial charge in [0, 0.05) is 16.1 Å². The zero-order valence-electron chi connectivity index (χ0n) is 17.6. The van der Waals surface area contributed by atoms with Crippen LogP contribution >= 0.6 is 11.3 Å². The van der Waals surface area contributed by atoms with Crippen LogP contribution in [0.2, 0.25) is 0 Å². The Morgan fingerprint density at radius 2 is 1.81 bits per heavy atom. The van der Waals surface area contributed by atoms with E-state index >= 15 is 0 Å². The maximum Gasteiger partial charge on any atom is 0.300 e. The third-order valence-corrected chi connectivity index (χ3v) is 6.08. The number of carbonyl (C=O) groups is 2. The molecule has 1 unspecified atom stereocenters. The number of aliphatic hydroxyl groups excluding tert-OH is 1. The number of aryl methyl sites for hydroxylation is 2. The van der Waals surface area contributed by atoms with Gasteiger partial charge in [-0.2, -0.15) is 0 Å². The lowest BCUT2D eigenvalue weighted by Crippen LogP contribution is -2.29. The first kappa shape index (κ1) is 20.9. The fraction of sp³-hybridized carbons (Fsp3) is 0.200. The highest BCUT2D eigenvalue weighted by atomic mass is 32.1. The van der Waals surface area contributed by atoms with Crippen molar-refractivity contribution in [3.05, 3.63) is 87.1 Å². The molecule has 1 atom stereocenters. The zero-order chi connectivity index (χ0) is 22.1. The minimum absolute atomic E-state index is 0.0836. The smallest absolute Gasteiger partial charge is 0.300 e. The Morgan fingerprint density at radius 1 is 1.06 bits per heavy atom. The number of ketones is 1. The van der Waals surface area contributed by atoms with Crippen molar-refractivity contribution in [1.82, 2.24) is 0 Å². The predicted molar refractivity (Wildman–Crippen MR) is 123 cm³/mol. The van der Waals surface area contributed by atoms with E-state index in [1.54, 1.807) is 24.3 Å².